The fourth-order valence-electron chi connectivity index (χ4n) is 3.61. The van der Waals surface area contributed by atoms with Crippen LogP contribution in [0.1, 0.15) is 43.2 Å². The number of nitrogens with one attached hydrogen (secondary N) is 1. The van der Waals surface area contributed by atoms with E-state index in [1.807, 2.05) is 18.2 Å². The zero-order valence-corrected chi connectivity index (χ0v) is 16.3. The molecule has 3 rings (SSSR count). The number of hydrogen-bond acceptors (Lipinski definition) is 2. The van der Waals surface area contributed by atoms with Crippen molar-refractivity contribution in [1.29, 1.82) is 0 Å². The highest BCUT2D eigenvalue weighted by Gasteiger charge is 2.33. The number of halogens is 3. The van der Waals surface area contributed by atoms with Crippen molar-refractivity contribution < 1.29 is 9.13 Å². The van der Waals surface area contributed by atoms with Crippen molar-refractivity contribution in [2.24, 2.45) is 0 Å². The van der Waals surface area contributed by atoms with Crippen molar-refractivity contribution in [2.45, 2.75) is 50.8 Å². The van der Waals surface area contributed by atoms with E-state index in [1.54, 1.807) is 0 Å². The zero-order chi connectivity index (χ0) is 18.4. The fourth-order valence-corrected chi connectivity index (χ4v) is 4.00. The standard InChI is InChI=1S/C21H24Cl2FNO/c22-18-8-9-19(24)17(20(18)23)14-25-21(10-4-5-11-21)12-13-26-15-16-6-2-1-3-7-16/h1-3,6-9,25H,4-5,10-15H2. The molecule has 1 aliphatic carbocycles. The minimum Gasteiger partial charge on any atom is -0.377 e. The van der Waals surface area contributed by atoms with E-state index in [0.29, 0.717) is 35.4 Å². The molecule has 0 atom stereocenters. The molecule has 0 unspecified atom stereocenters. The van der Waals surface area contributed by atoms with E-state index in [-0.39, 0.29) is 11.4 Å². The van der Waals surface area contributed by atoms with Crippen LogP contribution in [-0.4, -0.2) is 12.1 Å². The molecular formula is C21H24Cl2FNO. The molecule has 1 saturated carbocycles. The molecule has 26 heavy (non-hydrogen) atoms. The van der Waals surface area contributed by atoms with Crippen LogP contribution in [0.5, 0.6) is 0 Å². The van der Waals surface area contributed by atoms with Crippen LogP contribution in [0.3, 0.4) is 0 Å². The summed E-state index contributed by atoms with van der Waals surface area (Å²) >= 11 is 12.2. The van der Waals surface area contributed by atoms with Crippen molar-refractivity contribution in [3.8, 4) is 0 Å². The van der Waals surface area contributed by atoms with Crippen molar-refractivity contribution in [2.75, 3.05) is 6.61 Å². The maximum absolute atomic E-state index is 14.1. The Morgan fingerprint density at radius 1 is 1.04 bits per heavy atom. The maximum atomic E-state index is 14.1. The molecule has 0 radical (unpaired) electrons. The van der Waals surface area contributed by atoms with E-state index >= 15 is 0 Å². The summed E-state index contributed by atoms with van der Waals surface area (Å²) in [5, 5.41) is 4.24. The largest absolute Gasteiger partial charge is 0.377 e. The third-order valence-corrected chi connectivity index (χ3v) is 6.02. The van der Waals surface area contributed by atoms with E-state index in [4.69, 9.17) is 27.9 Å². The monoisotopic (exact) mass is 395 g/mol. The van der Waals surface area contributed by atoms with Crippen LogP contribution in [0.15, 0.2) is 42.5 Å². The van der Waals surface area contributed by atoms with Crippen LogP contribution >= 0.6 is 23.2 Å². The average Bonchev–Trinajstić information content (AvgIpc) is 3.12. The summed E-state index contributed by atoms with van der Waals surface area (Å²) in [6.45, 7) is 1.67. The van der Waals surface area contributed by atoms with Gasteiger partial charge in [0.05, 0.1) is 16.7 Å². The van der Waals surface area contributed by atoms with Crippen LogP contribution in [0, 0.1) is 5.82 Å². The Kier molecular flexibility index (Phi) is 6.93. The molecule has 0 heterocycles. The predicted molar refractivity (Wildman–Crippen MR) is 105 cm³/mol. The summed E-state index contributed by atoms with van der Waals surface area (Å²) in [6.07, 6.45) is 5.40. The number of benzene rings is 2. The second-order valence-corrected chi connectivity index (χ2v) is 7.74. The first-order valence-electron chi connectivity index (χ1n) is 9.09. The second kappa shape index (κ2) is 9.18. The second-order valence-electron chi connectivity index (χ2n) is 6.95. The molecule has 0 amide bonds. The Balaban J connectivity index is 1.55. The molecule has 5 heteroatoms. The van der Waals surface area contributed by atoms with Gasteiger partial charge in [-0.1, -0.05) is 66.4 Å². The van der Waals surface area contributed by atoms with Gasteiger partial charge in [0.15, 0.2) is 0 Å². The van der Waals surface area contributed by atoms with Crippen LogP contribution in [-0.2, 0) is 17.9 Å². The highest BCUT2D eigenvalue weighted by Crippen LogP contribution is 2.34. The van der Waals surface area contributed by atoms with Gasteiger partial charge in [0.1, 0.15) is 5.82 Å². The highest BCUT2D eigenvalue weighted by atomic mass is 35.5. The molecule has 2 aromatic rings. The number of ether oxygens (including phenoxy) is 1. The summed E-state index contributed by atoms with van der Waals surface area (Å²) in [5.74, 6) is -0.319. The van der Waals surface area contributed by atoms with Gasteiger partial charge in [0, 0.05) is 24.3 Å². The fraction of sp³-hybridized carbons (Fsp3) is 0.429. The lowest BCUT2D eigenvalue weighted by Gasteiger charge is -2.31. The van der Waals surface area contributed by atoms with Gasteiger partial charge in [0.2, 0.25) is 0 Å². The maximum Gasteiger partial charge on any atom is 0.129 e. The normalized spacial score (nSPS) is 16.1. The molecule has 1 aliphatic rings. The van der Waals surface area contributed by atoms with E-state index in [1.165, 1.54) is 30.5 Å². The molecule has 0 aromatic heterocycles. The highest BCUT2D eigenvalue weighted by molar-refractivity contribution is 6.42. The van der Waals surface area contributed by atoms with Gasteiger partial charge in [0.25, 0.3) is 0 Å². The lowest BCUT2D eigenvalue weighted by atomic mass is 9.93. The van der Waals surface area contributed by atoms with Crippen LogP contribution in [0.2, 0.25) is 10.0 Å². The topological polar surface area (TPSA) is 21.3 Å². The van der Waals surface area contributed by atoms with Gasteiger partial charge in [-0.05, 0) is 37.0 Å². The number of hydrogen-bond donors (Lipinski definition) is 1. The summed E-state index contributed by atoms with van der Waals surface area (Å²) < 4.78 is 20.0. The van der Waals surface area contributed by atoms with Crippen molar-refractivity contribution in [1.82, 2.24) is 5.32 Å². The molecule has 1 fully saturated rings. The minimum absolute atomic E-state index is 0.0191. The summed E-state index contributed by atoms with van der Waals surface area (Å²) in [6, 6.07) is 13.0. The van der Waals surface area contributed by atoms with Gasteiger partial charge < -0.3 is 10.1 Å². The molecule has 0 bridgehead atoms. The molecular weight excluding hydrogens is 372 g/mol. The first-order chi connectivity index (χ1) is 12.6. The first-order valence-corrected chi connectivity index (χ1v) is 9.84. The SMILES string of the molecule is Fc1ccc(Cl)c(Cl)c1CNC1(CCOCc2ccccc2)CCCC1. The summed E-state index contributed by atoms with van der Waals surface area (Å²) in [5.41, 5.74) is 1.60. The lowest BCUT2D eigenvalue weighted by molar-refractivity contribution is 0.0945. The van der Waals surface area contributed by atoms with Crippen LogP contribution in [0.4, 0.5) is 4.39 Å². The molecule has 0 aliphatic heterocycles. The molecule has 0 saturated heterocycles. The Hall–Kier alpha value is -1.13. The van der Waals surface area contributed by atoms with E-state index < -0.39 is 0 Å². The van der Waals surface area contributed by atoms with Gasteiger partial charge in [-0.2, -0.15) is 0 Å². The Morgan fingerprint density at radius 2 is 1.77 bits per heavy atom. The summed E-state index contributed by atoms with van der Waals surface area (Å²) in [7, 11) is 0. The molecule has 140 valence electrons. The quantitative estimate of drug-likeness (QED) is 0.427. The Bertz CT molecular complexity index is 717. The number of rotatable bonds is 8. The van der Waals surface area contributed by atoms with E-state index in [9.17, 15) is 4.39 Å². The molecule has 2 nitrogen and oxygen atoms in total. The predicted octanol–water partition coefficient (Wildman–Crippen LogP) is 6.14. The van der Waals surface area contributed by atoms with Gasteiger partial charge >= 0.3 is 0 Å². The van der Waals surface area contributed by atoms with Gasteiger partial charge in [-0.25, -0.2) is 4.39 Å². The summed E-state index contributed by atoms with van der Waals surface area (Å²) in [4.78, 5) is 0. The lowest BCUT2D eigenvalue weighted by Crippen LogP contribution is -2.43. The Labute approximate surface area is 164 Å². The van der Waals surface area contributed by atoms with Crippen LogP contribution < -0.4 is 5.32 Å². The van der Waals surface area contributed by atoms with Gasteiger partial charge in [-0.15, -0.1) is 0 Å². The van der Waals surface area contributed by atoms with Crippen LogP contribution in [0.25, 0.3) is 0 Å². The van der Waals surface area contributed by atoms with Crippen molar-refractivity contribution in [3.63, 3.8) is 0 Å². The van der Waals surface area contributed by atoms with E-state index in [2.05, 4.69) is 17.4 Å². The zero-order valence-electron chi connectivity index (χ0n) is 14.7. The van der Waals surface area contributed by atoms with Crippen molar-refractivity contribution in [3.05, 3.63) is 69.5 Å². The Morgan fingerprint density at radius 3 is 2.50 bits per heavy atom. The van der Waals surface area contributed by atoms with Crippen molar-refractivity contribution >= 4 is 23.2 Å². The third-order valence-electron chi connectivity index (χ3n) is 5.18. The third kappa shape index (κ3) is 4.98. The smallest absolute Gasteiger partial charge is 0.129 e. The van der Waals surface area contributed by atoms with E-state index in [0.717, 1.165) is 19.3 Å². The molecule has 2 aromatic carbocycles. The van der Waals surface area contributed by atoms with Gasteiger partial charge in [-0.3, -0.25) is 0 Å². The minimum atomic E-state index is -0.319. The average molecular weight is 396 g/mol. The first kappa shape index (κ1) is 19.6. The molecule has 0 spiro atoms. The molecule has 1 N–H and O–H groups in total.